The fourth-order valence-electron chi connectivity index (χ4n) is 2.87. The van der Waals surface area contributed by atoms with Crippen LogP contribution in [0.4, 0.5) is 0 Å². The summed E-state index contributed by atoms with van der Waals surface area (Å²) >= 11 is 3.49. The normalized spacial score (nSPS) is 19.0. The van der Waals surface area contributed by atoms with Gasteiger partial charge in [0, 0.05) is 41.5 Å². The Bertz CT molecular complexity index is 433. The molecule has 0 aliphatic carbocycles. The maximum Gasteiger partial charge on any atom is 0.0594 e. The van der Waals surface area contributed by atoms with E-state index >= 15 is 0 Å². The van der Waals surface area contributed by atoms with Crippen LogP contribution < -0.4 is 5.32 Å². The predicted molar refractivity (Wildman–Crippen MR) is 85.0 cm³/mol. The molecule has 1 aliphatic rings. The Labute approximate surface area is 130 Å². The van der Waals surface area contributed by atoms with E-state index in [-0.39, 0.29) is 5.54 Å². The molecular weight excluding hydrogens is 318 g/mol. The number of likely N-dealkylation sites (N-methyl/N-ethyl adjacent to an activating group) is 1. The van der Waals surface area contributed by atoms with E-state index in [1.54, 1.807) is 0 Å². The minimum Gasteiger partial charge on any atom is -0.379 e. The van der Waals surface area contributed by atoms with Gasteiger partial charge in [-0.3, -0.25) is 9.88 Å². The number of rotatable bonds is 5. The molecule has 0 aromatic carbocycles. The van der Waals surface area contributed by atoms with Crippen molar-refractivity contribution in [2.45, 2.75) is 31.8 Å². The topological polar surface area (TPSA) is 37.4 Å². The minimum atomic E-state index is 0.0842. The second kappa shape index (κ2) is 6.98. The van der Waals surface area contributed by atoms with E-state index in [0.717, 1.165) is 37.2 Å². The summed E-state index contributed by atoms with van der Waals surface area (Å²) in [5.41, 5.74) is 1.33. The van der Waals surface area contributed by atoms with E-state index in [4.69, 9.17) is 4.74 Å². The van der Waals surface area contributed by atoms with Gasteiger partial charge in [0.05, 0.1) is 13.2 Å². The molecule has 112 valence electrons. The third kappa shape index (κ3) is 3.79. The lowest BCUT2D eigenvalue weighted by Gasteiger charge is -2.45. The first-order chi connectivity index (χ1) is 9.54. The van der Waals surface area contributed by atoms with Crippen molar-refractivity contribution in [2.24, 2.45) is 0 Å². The van der Waals surface area contributed by atoms with Crippen molar-refractivity contribution < 1.29 is 4.74 Å². The van der Waals surface area contributed by atoms with E-state index in [1.807, 2.05) is 19.4 Å². The highest BCUT2D eigenvalue weighted by atomic mass is 79.9. The van der Waals surface area contributed by atoms with Gasteiger partial charge in [-0.25, -0.2) is 0 Å². The minimum absolute atomic E-state index is 0.0842. The molecule has 1 saturated heterocycles. The predicted octanol–water partition coefficient (Wildman–Crippen LogP) is 2.09. The SMILES string of the molecule is CNC(Cc1cncc(Br)c1)C(C)(C)N1CCOCC1. The van der Waals surface area contributed by atoms with E-state index in [0.29, 0.717) is 6.04 Å². The summed E-state index contributed by atoms with van der Waals surface area (Å²) < 4.78 is 6.50. The summed E-state index contributed by atoms with van der Waals surface area (Å²) in [6.07, 6.45) is 4.74. The number of halogens is 1. The van der Waals surface area contributed by atoms with Crippen LogP contribution in [0.15, 0.2) is 22.9 Å². The molecule has 20 heavy (non-hydrogen) atoms. The van der Waals surface area contributed by atoms with Gasteiger partial charge in [0.1, 0.15) is 0 Å². The molecular formula is C15H24BrN3O. The van der Waals surface area contributed by atoms with Gasteiger partial charge < -0.3 is 10.1 Å². The lowest BCUT2D eigenvalue weighted by Crippen LogP contribution is -2.60. The molecule has 2 rings (SSSR count). The molecule has 1 fully saturated rings. The average molecular weight is 342 g/mol. The van der Waals surface area contributed by atoms with Crippen molar-refractivity contribution in [1.82, 2.24) is 15.2 Å². The molecule has 1 aliphatic heterocycles. The van der Waals surface area contributed by atoms with Gasteiger partial charge in [0.15, 0.2) is 0 Å². The quantitative estimate of drug-likeness (QED) is 0.889. The molecule has 2 heterocycles. The second-order valence-electron chi connectivity index (χ2n) is 5.81. The van der Waals surface area contributed by atoms with Gasteiger partial charge in [-0.1, -0.05) is 0 Å². The largest absolute Gasteiger partial charge is 0.379 e. The summed E-state index contributed by atoms with van der Waals surface area (Å²) in [6, 6.07) is 2.52. The van der Waals surface area contributed by atoms with Crippen LogP contribution in [0.1, 0.15) is 19.4 Å². The zero-order valence-corrected chi connectivity index (χ0v) is 14.1. The van der Waals surface area contributed by atoms with Crippen molar-refractivity contribution in [3.63, 3.8) is 0 Å². The van der Waals surface area contributed by atoms with E-state index < -0.39 is 0 Å². The molecule has 0 bridgehead atoms. The summed E-state index contributed by atoms with van der Waals surface area (Å²) in [7, 11) is 2.04. The fraction of sp³-hybridized carbons (Fsp3) is 0.667. The highest BCUT2D eigenvalue weighted by Crippen LogP contribution is 2.23. The van der Waals surface area contributed by atoms with Crippen LogP contribution in [0.5, 0.6) is 0 Å². The number of ether oxygens (including phenoxy) is 1. The third-order valence-corrected chi connectivity index (χ3v) is 4.66. The zero-order valence-electron chi connectivity index (χ0n) is 12.5. The molecule has 0 radical (unpaired) electrons. The van der Waals surface area contributed by atoms with Crippen molar-refractivity contribution in [1.29, 1.82) is 0 Å². The van der Waals surface area contributed by atoms with Crippen molar-refractivity contribution in [2.75, 3.05) is 33.4 Å². The number of nitrogens with one attached hydrogen (secondary N) is 1. The van der Waals surface area contributed by atoms with Gasteiger partial charge in [-0.15, -0.1) is 0 Å². The summed E-state index contributed by atoms with van der Waals surface area (Å²) in [5, 5.41) is 3.48. The van der Waals surface area contributed by atoms with Crippen LogP contribution in [-0.2, 0) is 11.2 Å². The Morgan fingerprint density at radius 2 is 2.10 bits per heavy atom. The smallest absolute Gasteiger partial charge is 0.0594 e. The Hall–Kier alpha value is -0.490. The van der Waals surface area contributed by atoms with Crippen LogP contribution in [0.2, 0.25) is 0 Å². The molecule has 1 aromatic heterocycles. The van der Waals surface area contributed by atoms with Crippen LogP contribution in [-0.4, -0.2) is 54.8 Å². The van der Waals surface area contributed by atoms with Crippen molar-refractivity contribution >= 4 is 15.9 Å². The zero-order chi connectivity index (χ0) is 14.6. The number of hydrogen-bond donors (Lipinski definition) is 1. The number of pyridine rings is 1. The highest BCUT2D eigenvalue weighted by Gasteiger charge is 2.35. The maximum atomic E-state index is 5.46. The Morgan fingerprint density at radius 3 is 2.70 bits per heavy atom. The highest BCUT2D eigenvalue weighted by molar-refractivity contribution is 9.10. The Morgan fingerprint density at radius 1 is 1.40 bits per heavy atom. The molecule has 1 unspecified atom stereocenters. The van der Waals surface area contributed by atoms with Gasteiger partial charge in [-0.2, -0.15) is 0 Å². The molecule has 1 aromatic rings. The van der Waals surface area contributed by atoms with Crippen molar-refractivity contribution in [3.05, 3.63) is 28.5 Å². The van der Waals surface area contributed by atoms with Crippen LogP contribution in [0.3, 0.4) is 0 Å². The first-order valence-corrected chi connectivity index (χ1v) is 7.93. The van der Waals surface area contributed by atoms with E-state index in [2.05, 4.69) is 51.0 Å². The number of nitrogens with zero attached hydrogens (tertiary/aromatic N) is 2. The molecule has 0 saturated carbocycles. The summed E-state index contributed by atoms with van der Waals surface area (Å²) in [4.78, 5) is 6.77. The van der Waals surface area contributed by atoms with Crippen molar-refractivity contribution in [3.8, 4) is 0 Å². The first kappa shape index (κ1) is 15.9. The Balaban J connectivity index is 2.09. The number of aromatic nitrogens is 1. The van der Waals surface area contributed by atoms with Gasteiger partial charge in [0.2, 0.25) is 0 Å². The first-order valence-electron chi connectivity index (χ1n) is 7.13. The van der Waals surface area contributed by atoms with E-state index in [9.17, 15) is 0 Å². The van der Waals surface area contributed by atoms with Gasteiger partial charge in [0.25, 0.3) is 0 Å². The standard InChI is InChI=1S/C15H24BrN3O/c1-15(2,19-4-6-20-7-5-19)14(17-3)9-12-8-13(16)11-18-10-12/h8,10-11,14,17H,4-7,9H2,1-3H3. The molecule has 1 N–H and O–H groups in total. The van der Waals surface area contributed by atoms with Crippen LogP contribution in [0.25, 0.3) is 0 Å². The lowest BCUT2D eigenvalue weighted by atomic mass is 9.87. The Kier molecular flexibility index (Phi) is 5.55. The second-order valence-corrected chi connectivity index (χ2v) is 6.73. The fourth-order valence-corrected chi connectivity index (χ4v) is 3.28. The number of morpholine rings is 1. The summed E-state index contributed by atoms with van der Waals surface area (Å²) in [5.74, 6) is 0. The molecule has 0 amide bonds. The number of hydrogen-bond acceptors (Lipinski definition) is 4. The third-order valence-electron chi connectivity index (χ3n) is 4.23. The van der Waals surface area contributed by atoms with Crippen LogP contribution in [0, 0.1) is 0 Å². The van der Waals surface area contributed by atoms with Gasteiger partial charge >= 0.3 is 0 Å². The molecule has 4 nitrogen and oxygen atoms in total. The van der Waals surface area contributed by atoms with Gasteiger partial charge in [-0.05, 0) is 54.9 Å². The maximum absolute atomic E-state index is 5.46. The van der Waals surface area contributed by atoms with E-state index in [1.165, 1.54) is 5.56 Å². The summed E-state index contributed by atoms with van der Waals surface area (Å²) in [6.45, 7) is 8.29. The molecule has 5 heteroatoms. The lowest BCUT2D eigenvalue weighted by molar-refractivity contribution is -0.0223. The average Bonchev–Trinajstić information content (AvgIpc) is 2.45. The monoisotopic (exact) mass is 341 g/mol. The molecule has 0 spiro atoms. The van der Waals surface area contributed by atoms with Crippen LogP contribution >= 0.6 is 15.9 Å². The molecule has 1 atom stereocenters.